The van der Waals surface area contributed by atoms with Crippen molar-refractivity contribution in [2.45, 2.75) is 120 Å². The molecule has 5 aromatic rings. The summed E-state index contributed by atoms with van der Waals surface area (Å²) in [7, 11) is 17.4. The maximum atomic E-state index is 13.9. The number of carboxylic acid groups (broad SMARTS) is 4. The minimum absolute atomic E-state index is 0.0495. The lowest BCUT2D eigenvalue weighted by Gasteiger charge is -2.30. The molecule has 0 saturated carbocycles. The first-order valence-corrected chi connectivity index (χ1v) is 34.7. The molecule has 0 aromatic heterocycles. The van der Waals surface area contributed by atoms with Crippen LogP contribution in [0.5, 0.6) is 34.5 Å². The lowest BCUT2D eigenvalue weighted by molar-refractivity contribution is -0.870. The molecule has 0 spiro atoms. The fraction of sp³-hybridized carbons (Fsp3) is 0.545. The molecule has 4 fully saturated rings. The van der Waals surface area contributed by atoms with E-state index in [4.69, 9.17) is 28.4 Å². The van der Waals surface area contributed by atoms with Crippen molar-refractivity contribution in [1.29, 1.82) is 0 Å². The molecule has 21 nitrogen and oxygen atoms in total. The number of hydrogen-bond acceptors (Lipinski definition) is 15. The van der Waals surface area contributed by atoms with Crippen molar-refractivity contribution in [2.24, 2.45) is 23.7 Å². The first-order valence-electron chi connectivity index (χ1n) is 34.7. The number of amides is 1. The fourth-order valence-corrected chi connectivity index (χ4v) is 15.2. The van der Waals surface area contributed by atoms with Crippen LogP contribution in [0, 0.1) is 23.7 Å². The molecule has 5 aromatic carbocycles. The van der Waals surface area contributed by atoms with Crippen molar-refractivity contribution in [3.05, 3.63) is 143 Å². The van der Waals surface area contributed by atoms with Gasteiger partial charge in [-0.2, -0.15) is 0 Å². The number of likely N-dealkylation sites (N-methyl/N-ethyl adjacent to an activating group) is 3. The average Bonchev–Trinajstić information content (AvgIpc) is 1.65. The van der Waals surface area contributed by atoms with Gasteiger partial charge in [0.05, 0.1) is 85.8 Å². The zero-order valence-corrected chi connectivity index (χ0v) is 59.8. The number of nitrogens with zero attached hydrogens (tertiary/aromatic N) is 6. The number of rotatable bonds is 24. The highest BCUT2D eigenvalue weighted by Crippen LogP contribution is 2.44. The number of hydrogen-bond donors (Lipinski definition) is 4. The predicted octanol–water partition coefficient (Wildman–Crippen LogP) is 10.0. The number of carbonyl (C=O) groups is 5. The molecule has 0 bridgehead atoms. The number of fused-ring (bicyclic) bond motifs is 2. The summed E-state index contributed by atoms with van der Waals surface area (Å²) in [6.45, 7) is 14.6. The molecule has 4 saturated heterocycles. The second-order valence-electron chi connectivity index (χ2n) is 28.3. The van der Waals surface area contributed by atoms with Gasteiger partial charge in [-0.05, 0) is 156 Å². The Bertz CT molecular complexity index is 3240. The molecule has 534 valence electrons. The highest BCUT2D eigenvalue weighted by atomic mass is 16.7. The van der Waals surface area contributed by atoms with Crippen LogP contribution in [0.25, 0.3) is 0 Å². The molecule has 0 radical (unpaired) electrons. The Labute approximate surface area is 579 Å². The Hall–Kier alpha value is -7.95. The van der Waals surface area contributed by atoms with Gasteiger partial charge in [0.1, 0.15) is 23.0 Å². The van der Waals surface area contributed by atoms with Gasteiger partial charge in [-0.1, -0.05) is 74.0 Å². The number of quaternary nitrogens is 1. The normalized spacial score (nSPS) is 24.9. The van der Waals surface area contributed by atoms with Crippen LogP contribution in [-0.4, -0.2) is 233 Å². The fourth-order valence-electron chi connectivity index (χ4n) is 15.2. The molecular formula is C77H107N6O15+. The van der Waals surface area contributed by atoms with E-state index in [9.17, 15) is 44.4 Å². The van der Waals surface area contributed by atoms with Crippen molar-refractivity contribution in [1.82, 2.24) is 24.5 Å². The number of likely N-dealkylation sites (tertiary alicyclic amines) is 4. The van der Waals surface area contributed by atoms with Crippen LogP contribution in [0.3, 0.4) is 0 Å². The van der Waals surface area contributed by atoms with Crippen LogP contribution in [0.4, 0.5) is 0 Å². The molecule has 98 heavy (non-hydrogen) atoms. The lowest BCUT2D eigenvalue weighted by Crippen LogP contribution is -2.45. The molecule has 0 unspecified atom stereocenters. The van der Waals surface area contributed by atoms with Crippen LogP contribution in [0.15, 0.2) is 109 Å². The van der Waals surface area contributed by atoms with Gasteiger partial charge in [-0.25, -0.2) is 0 Å². The van der Waals surface area contributed by atoms with Gasteiger partial charge in [0.25, 0.3) is 0 Å². The number of unbranched alkanes of at least 4 members (excludes halogenated alkanes) is 2. The van der Waals surface area contributed by atoms with Crippen molar-refractivity contribution >= 4 is 29.8 Å². The maximum Gasteiger partial charge on any atom is 0.308 e. The number of ether oxygens (including phenoxy) is 6. The van der Waals surface area contributed by atoms with Crippen LogP contribution in [-0.2, 0) is 36.8 Å². The molecular weight excluding hydrogens is 1250 g/mol. The zero-order chi connectivity index (χ0) is 71.1. The summed E-state index contributed by atoms with van der Waals surface area (Å²) in [5, 5.41) is 38.8. The van der Waals surface area contributed by atoms with Gasteiger partial charge in [-0.15, -0.1) is 0 Å². The smallest absolute Gasteiger partial charge is 0.308 e. The summed E-state index contributed by atoms with van der Waals surface area (Å²) in [6, 6.07) is 35.0. The molecule has 6 aliphatic heterocycles. The van der Waals surface area contributed by atoms with E-state index in [0.717, 1.165) is 144 Å². The van der Waals surface area contributed by atoms with Gasteiger partial charge in [0, 0.05) is 93.5 Å². The molecule has 6 heterocycles. The Balaban J connectivity index is 0.000000187. The van der Waals surface area contributed by atoms with E-state index in [1.54, 1.807) is 21.3 Å². The van der Waals surface area contributed by atoms with Gasteiger partial charge in [0.2, 0.25) is 12.7 Å². The van der Waals surface area contributed by atoms with Crippen molar-refractivity contribution in [3.8, 4) is 34.5 Å². The number of aryl methyl sites for hydroxylation is 1. The standard InChI is InChI=1S/C35H49N3O6.3C14H19NO3/c1-5-6-17-36(18-7-8-19-38(2,3)4)32(39)23-37-22-28(26-13-15-30-27(21-26)16-20-42-30)33(35(40)41)29(37)14-12-25-10-9-11-31-34(25)44-24-43-31;3*1-9-13(14(16)17)12(8-15(9)2)10-4-6-11(18-3)7-5-10/h9-11,13,15,21,28-29,33H,5-8,12,14,16-20,22-24H2,1-4H3;3*4-7,9,12-13H,8H2,1-3H3,(H,16,17)/p+1/t28-,29+,33-;3*9-,12+,13-/m1000/s1. The Morgan fingerprint density at radius 3 is 1.43 bits per heavy atom. The van der Waals surface area contributed by atoms with E-state index in [0.29, 0.717) is 26.0 Å². The number of aliphatic carboxylic acids is 4. The minimum Gasteiger partial charge on any atom is -0.497 e. The van der Waals surface area contributed by atoms with Crippen LogP contribution >= 0.6 is 0 Å². The van der Waals surface area contributed by atoms with E-state index >= 15 is 0 Å². The van der Waals surface area contributed by atoms with E-state index in [1.165, 1.54) is 0 Å². The second-order valence-corrected chi connectivity index (χ2v) is 28.3. The first kappa shape index (κ1) is 75.8. The third-order valence-electron chi connectivity index (χ3n) is 21.2. The summed E-state index contributed by atoms with van der Waals surface area (Å²) < 4.78 is 33.3. The maximum absolute atomic E-state index is 13.9. The van der Waals surface area contributed by atoms with Crippen molar-refractivity contribution in [2.75, 3.05) is 129 Å². The highest BCUT2D eigenvalue weighted by molar-refractivity contribution is 5.79. The summed E-state index contributed by atoms with van der Waals surface area (Å²) in [4.78, 5) is 71.6. The summed E-state index contributed by atoms with van der Waals surface area (Å²) in [5.74, 6) is 0.154. The third kappa shape index (κ3) is 18.9. The number of carbonyl (C=O) groups excluding carboxylic acids is 1. The number of carboxylic acids is 4. The molecule has 21 heteroatoms. The molecule has 0 aliphatic carbocycles. The quantitative estimate of drug-likeness (QED) is 0.0332. The van der Waals surface area contributed by atoms with Crippen molar-refractivity contribution in [3.63, 3.8) is 0 Å². The highest BCUT2D eigenvalue weighted by Gasteiger charge is 2.49. The lowest BCUT2D eigenvalue weighted by atomic mass is 9.83. The average molecular weight is 1360 g/mol. The topological polar surface area (TPSA) is 238 Å². The molecule has 12 atom stereocenters. The van der Waals surface area contributed by atoms with Crippen LogP contribution < -0.4 is 28.4 Å². The SMILES string of the molecule is CCCCN(CCCC[N+](C)(C)C)C(=O)CN1C[C@H](c2ccc3c(c2)CCO3)[C@@H](C(=O)O)[C@@H]1CCc1cccc2c1OCO2.COc1ccc([C@H]2CN(C)[C@@H](C)[C@@H]2C(=O)O)cc1.COc1ccc([C@H]2CN(C)[C@@H](C)[C@@H]2C(=O)O)cc1.COc1ccc([C@H]2CN(C)[C@@H](C)[C@@H]2C(=O)O)cc1. The number of methoxy groups -OCH3 is 3. The largest absolute Gasteiger partial charge is 0.497 e. The third-order valence-corrected chi connectivity index (χ3v) is 21.2. The van der Waals surface area contributed by atoms with E-state index < -0.39 is 29.8 Å². The second kappa shape index (κ2) is 34.7. The van der Waals surface area contributed by atoms with Crippen LogP contribution in [0.1, 0.15) is 117 Å². The summed E-state index contributed by atoms with van der Waals surface area (Å²) in [5.41, 5.74) is 6.37. The summed E-state index contributed by atoms with van der Waals surface area (Å²) >= 11 is 0. The van der Waals surface area contributed by atoms with E-state index in [-0.39, 0.29) is 84.8 Å². The van der Waals surface area contributed by atoms with Crippen LogP contribution in [0.2, 0.25) is 0 Å². The molecule has 6 aliphatic rings. The number of benzene rings is 5. The molecule has 1 amide bonds. The first-order chi connectivity index (χ1) is 46.8. The van der Waals surface area contributed by atoms with Gasteiger partial charge >= 0.3 is 23.9 Å². The van der Waals surface area contributed by atoms with Gasteiger partial charge in [0.15, 0.2) is 11.5 Å². The zero-order valence-electron chi connectivity index (χ0n) is 59.8. The van der Waals surface area contributed by atoms with Gasteiger partial charge < -0.3 is 72.9 Å². The Morgan fingerprint density at radius 2 is 0.990 bits per heavy atom. The molecule has 11 rings (SSSR count). The summed E-state index contributed by atoms with van der Waals surface area (Å²) in [6.07, 6.45) is 6.09. The minimum atomic E-state index is -0.812. The van der Waals surface area contributed by atoms with Gasteiger partial charge in [-0.3, -0.25) is 28.9 Å². The number of para-hydroxylation sites is 1. The Morgan fingerprint density at radius 1 is 0.541 bits per heavy atom. The van der Waals surface area contributed by atoms with E-state index in [1.807, 2.05) is 150 Å². The monoisotopic (exact) mass is 1360 g/mol. The molecule has 4 N–H and O–H groups in total. The Kier molecular flexibility index (Phi) is 26.8. The van der Waals surface area contributed by atoms with Crippen molar-refractivity contribution < 1.29 is 77.3 Å². The predicted molar refractivity (Wildman–Crippen MR) is 376 cm³/mol. The van der Waals surface area contributed by atoms with E-state index in [2.05, 4.69) is 53.7 Å².